The highest BCUT2D eigenvalue weighted by molar-refractivity contribution is 4.74. The van der Waals surface area contributed by atoms with Crippen molar-refractivity contribution in [1.82, 2.24) is 31.9 Å². The maximum atomic E-state index is 6.60. The molecular formula is C42H94N8. The normalized spacial score (nSPS) is 13.0. The van der Waals surface area contributed by atoms with Gasteiger partial charge in [0, 0.05) is 90.6 Å². The highest BCUT2D eigenvalue weighted by Crippen LogP contribution is 2.14. The quantitative estimate of drug-likeness (QED) is 0.0309. The van der Waals surface area contributed by atoms with Gasteiger partial charge >= 0.3 is 0 Å². The van der Waals surface area contributed by atoms with Gasteiger partial charge in [0.15, 0.2) is 0 Å². The minimum Gasteiger partial charge on any atom is -0.329 e. The molecule has 8 heteroatoms. The van der Waals surface area contributed by atoms with Crippen LogP contribution in [-0.4, -0.2) is 90.6 Å². The Labute approximate surface area is 314 Å². The summed E-state index contributed by atoms with van der Waals surface area (Å²) in [6, 6.07) is 0.797. The molecule has 0 aliphatic rings. The van der Waals surface area contributed by atoms with E-state index in [1.807, 2.05) is 0 Å². The molecule has 0 rings (SSSR count). The smallest absolute Gasteiger partial charge is 0.0193 e. The van der Waals surface area contributed by atoms with Crippen molar-refractivity contribution in [1.29, 1.82) is 0 Å². The monoisotopic (exact) mass is 711 g/mol. The molecule has 0 spiro atoms. The van der Waals surface area contributed by atoms with Crippen molar-refractivity contribution in [3.05, 3.63) is 0 Å². The van der Waals surface area contributed by atoms with E-state index in [1.165, 1.54) is 161 Å². The van der Waals surface area contributed by atoms with Crippen molar-refractivity contribution in [2.75, 3.05) is 78.5 Å². The van der Waals surface area contributed by atoms with Gasteiger partial charge in [0.2, 0.25) is 0 Å². The lowest BCUT2D eigenvalue weighted by Crippen LogP contribution is -2.45. The molecule has 0 saturated carbocycles. The molecule has 0 aliphatic carbocycles. The number of hydrogen-bond donors (Lipinski definition) is 8. The van der Waals surface area contributed by atoms with Crippen LogP contribution in [0.15, 0.2) is 0 Å². The van der Waals surface area contributed by atoms with Crippen LogP contribution in [0.1, 0.15) is 181 Å². The zero-order chi connectivity index (χ0) is 36.3. The Morgan fingerprint density at radius 1 is 0.360 bits per heavy atom. The third-order valence-corrected chi connectivity index (χ3v) is 10.1. The summed E-state index contributed by atoms with van der Waals surface area (Å²) in [5.74, 6) is 0. The Hall–Kier alpha value is -0.320. The van der Waals surface area contributed by atoms with Gasteiger partial charge in [0.1, 0.15) is 0 Å². The summed E-state index contributed by atoms with van der Waals surface area (Å²) in [5.41, 5.74) is 12.1. The van der Waals surface area contributed by atoms with Crippen LogP contribution in [0.4, 0.5) is 0 Å². The van der Waals surface area contributed by atoms with E-state index in [2.05, 4.69) is 45.7 Å². The van der Waals surface area contributed by atoms with Gasteiger partial charge in [-0.2, -0.15) is 0 Å². The first-order valence-corrected chi connectivity index (χ1v) is 22.5. The van der Waals surface area contributed by atoms with Crippen LogP contribution in [0, 0.1) is 0 Å². The van der Waals surface area contributed by atoms with Gasteiger partial charge in [0.25, 0.3) is 0 Å². The summed E-state index contributed by atoms with van der Waals surface area (Å²) in [4.78, 5) is 0. The Morgan fingerprint density at radius 2 is 0.680 bits per heavy atom. The molecule has 0 aliphatic heterocycles. The van der Waals surface area contributed by atoms with Gasteiger partial charge in [-0.1, -0.05) is 168 Å². The second kappa shape index (κ2) is 44.8. The Morgan fingerprint density at radius 3 is 1.06 bits per heavy atom. The molecule has 2 unspecified atom stereocenters. The van der Waals surface area contributed by atoms with Gasteiger partial charge in [-0.25, -0.2) is 0 Å². The molecule has 2 atom stereocenters. The fraction of sp³-hybridized carbons (Fsp3) is 1.00. The van der Waals surface area contributed by atoms with Crippen LogP contribution in [0.25, 0.3) is 0 Å². The molecule has 0 amide bonds. The molecule has 0 aromatic carbocycles. The lowest BCUT2D eigenvalue weighted by Gasteiger charge is -2.22. The highest BCUT2D eigenvalue weighted by atomic mass is 15.0. The van der Waals surface area contributed by atoms with Crippen LogP contribution in [0.3, 0.4) is 0 Å². The van der Waals surface area contributed by atoms with Crippen molar-refractivity contribution in [2.24, 2.45) is 11.5 Å². The first-order chi connectivity index (χ1) is 24.7. The lowest BCUT2D eigenvalue weighted by atomic mass is 10.0. The summed E-state index contributed by atoms with van der Waals surface area (Å²) in [7, 11) is 0. The molecule has 0 aromatic rings. The van der Waals surface area contributed by atoms with Gasteiger partial charge in [0.05, 0.1) is 0 Å². The molecule has 50 heavy (non-hydrogen) atoms. The first kappa shape index (κ1) is 49.7. The third kappa shape index (κ3) is 42.1. The van der Waals surface area contributed by atoms with Crippen LogP contribution in [0.2, 0.25) is 0 Å². The van der Waals surface area contributed by atoms with E-state index in [0.717, 1.165) is 78.4 Å². The summed E-state index contributed by atoms with van der Waals surface area (Å²) >= 11 is 0. The van der Waals surface area contributed by atoms with E-state index < -0.39 is 0 Å². The van der Waals surface area contributed by atoms with Gasteiger partial charge in [-0.05, 0) is 12.8 Å². The zero-order valence-corrected chi connectivity index (χ0v) is 34.2. The average molecular weight is 711 g/mol. The van der Waals surface area contributed by atoms with Gasteiger partial charge in [-0.3, -0.25) is 0 Å². The van der Waals surface area contributed by atoms with Crippen LogP contribution in [0.5, 0.6) is 0 Å². The van der Waals surface area contributed by atoms with Crippen LogP contribution >= 0.6 is 0 Å². The van der Waals surface area contributed by atoms with Crippen molar-refractivity contribution >= 4 is 0 Å². The van der Waals surface area contributed by atoms with E-state index in [1.54, 1.807) is 0 Å². The molecule has 8 nitrogen and oxygen atoms in total. The van der Waals surface area contributed by atoms with Crippen LogP contribution in [-0.2, 0) is 0 Å². The second-order valence-corrected chi connectivity index (χ2v) is 15.2. The molecule has 0 saturated heterocycles. The summed E-state index contributed by atoms with van der Waals surface area (Å²) in [6.07, 6.45) is 36.1. The Bertz CT molecular complexity index is 596. The van der Waals surface area contributed by atoms with E-state index in [4.69, 9.17) is 11.5 Å². The first-order valence-electron chi connectivity index (χ1n) is 22.5. The predicted octanol–water partition coefficient (Wildman–Crippen LogP) is 7.36. The van der Waals surface area contributed by atoms with E-state index in [-0.39, 0.29) is 6.04 Å². The van der Waals surface area contributed by atoms with Crippen molar-refractivity contribution in [3.63, 3.8) is 0 Å². The topological polar surface area (TPSA) is 124 Å². The molecule has 10 N–H and O–H groups in total. The Balaban J connectivity index is 4.04. The highest BCUT2D eigenvalue weighted by Gasteiger charge is 2.10. The average Bonchev–Trinajstić information content (AvgIpc) is 3.12. The van der Waals surface area contributed by atoms with Gasteiger partial charge in [-0.15, -0.1) is 0 Å². The second-order valence-electron chi connectivity index (χ2n) is 15.2. The molecule has 0 heterocycles. The SMILES string of the molecule is CCCCCCCCCCCCCCC(N)CNC(CCCCCCCCCCCCCC)CNCCNCCNCCNCCNCCN. The summed E-state index contributed by atoms with van der Waals surface area (Å²) in [5, 5.41) is 21.4. The minimum atomic E-state index is 0.278. The van der Waals surface area contributed by atoms with E-state index >= 15 is 0 Å². The number of nitrogens with one attached hydrogen (secondary N) is 6. The number of nitrogens with two attached hydrogens (primary N) is 2. The van der Waals surface area contributed by atoms with Crippen molar-refractivity contribution in [2.45, 2.75) is 193 Å². The molecular weight excluding hydrogens is 617 g/mol. The number of hydrogen-bond acceptors (Lipinski definition) is 8. The maximum absolute atomic E-state index is 6.60. The van der Waals surface area contributed by atoms with Crippen LogP contribution < -0.4 is 43.4 Å². The van der Waals surface area contributed by atoms with E-state index in [9.17, 15) is 0 Å². The lowest BCUT2D eigenvalue weighted by molar-refractivity contribution is 0.402. The molecule has 0 bridgehead atoms. The minimum absolute atomic E-state index is 0.278. The standard InChI is InChI=1S/C42H94N8/c1-3-5-7-9-11-13-15-17-19-21-23-25-27-41(44)39-50-42(28-26-24-22-20-18-16-14-12-10-8-6-4-2)40-49-38-37-48-36-35-47-34-33-46-32-31-45-30-29-43/h41-42,45-50H,3-40,43-44H2,1-2H3. The fourth-order valence-corrected chi connectivity index (χ4v) is 6.76. The predicted molar refractivity (Wildman–Crippen MR) is 225 cm³/mol. The summed E-state index contributed by atoms with van der Waals surface area (Å²) in [6.45, 7) is 16.2. The largest absolute Gasteiger partial charge is 0.329 e. The summed E-state index contributed by atoms with van der Waals surface area (Å²) < 4.78 is 0. The fourth-order valence-electron chi connectivity index (χ4n) is 6.76. The molecule has 0 aromatic heterocycles. The van der Waals surface area contributed by atoms with E-state index in [0.29, 0.717) is 12.6 Å². The third-order valence-electron chi connectivity index (χ3n) is 10.1. The molecule has 0 fully saturated rings. The zero-order valence-electron chi connectivity index (χ0n) is 34.2. The van der Waals surface area contributed by atoms with Crippen molar-refractivity contribution < 1.29 is 0 Å². The van der Waals surface area contributed by atoms with Gasteiger partial charge < -0.3 is 43.4 Å². The Kier molecular flexibility index (Phi) is 44.6. The number of rotatable bonds is 45. The maximum Gasteiger partial charge on any atom is 0.0193 e. The number of unbranched alkanes of at least 4 members (excludes halogenated alkanes) is 22. The van der Waals surface area contributed by atoms with Crippen molar-refractivity contribution in [3.8, 4) is 0 Å². The molecule has 302 valence electrons. The molecule has 0 radical (unpaired) electrons.